The summed E-state index contributed by atoms with van der Waals surface area (Å²) in [4.78, 5) is 12.8. The van der Waals surface area contributed by atoms with Gasteiger partial charge in [0.1, 0.15) is 0 Å². The molecular formula is C26H21Cl2N3O5S2. The Labute approximate surface area is 230 Å². The molecule has 0 aliphatic rings. The first-order chi connectivity index (χ1) is 18.0. The van der Waals surface area contributed by atoms with E-state index in [1.807, 2.05) is 0 Å². The van der Waals surface area contributed by atoms with Crippen molar-refractivity contribution in [2.45, 2.75) is 9.79 Å². The number of rotatable bonds is 8. The molecule has 4 aromatic carbocycles. The van der Waals surface area contributed by atoms with Gasteiger partial charge in [-0.05, 0) is 84.9 Å². The molecule has 0 radical (unpaired) electrons. The molecular weight excluding hydrogens is 569 g/mol. The lowest BCUT2D eigenvalue weighted by Crippen LogP contribution is -2.26. The molecule has 4 rings (SSSR count). The number of benzene rings is 4. The van der Waals surface area contributed by atoms with E-state index >= 15 is 0 Å². The van der Waals surface area contributed by atoms with Crippen LogP contribution in [0.5, 0.6) is 0 Å². The second kappa shape index (κ2) is 11.0. The van der Waals surface area contributed by atoms with Crippen molar-refractivity contribution >= 4 is 66.2 Å². The predicted octanol–water partition coefficient (Wildman–Crippen LogP) is 5.87. The standard InChI is InChI=1S/C26H21Cl2N3O5S2/c1-31(38(35,36)23-14-8-19(27)9-15-23)21-12-6-18(7-13-21)26(32)29-20-10-16-22(17-11-20)37(33,34)30-25-5-3-2-4-24(25)28/h2-17,30H,1H3,(H,29,32). The average Bonchev–Trinajstić information content (AvgIpc) is 2.90. The molecule has 0 unspecified atom stereocenters. The van der Waals surface area contributed by atoms with E-state index < -0.39 is 26.0 Å². The molecule has 0 saturated carbocycles. The summed E-state index contributed by atoms with van der Waals surface area (Å²) in [6.07, 6.45) is 0. The van der Waals surface area contributed by atoms with Crippen molar-refractivity contribution < 1.29 is 21.6 Å². The van der Waals surface area contributed by atoms with Gasteiger partial charge in [0.2, 0.25) is 0 Å². The molecule has 0 aliphatic carbocycles. The zero-order chi connectivity index (χ0) is 27.5. The van der Waals surface area contributed by atoms with Crippen LogP contribution < -0.4 is 14.3 Å². The lowest BCUT2D eigenvalue weighted by molar-refractivity contribution is 0.102. The maximum Gasteiger partial charge on any atom is 0.264 e. The Balaban J connectivity index is 1.43. The number of carbonyl (C=O) groups excluding carboxylic acids is 1. The van der Waals surface area contributed by atoms with Gasteiger partial charge in [-0.1, -0.05) is 35.3 Å². The van der Waals surface area contributed by atoms with E-state index in [0.29, 0.717) is 16.4 Å². The van der Waals surface area contributed by atoms with Gasteiger partial charge >= 0.3 is 0 Å². The molecule has 2 N–H and O–H groups in total. The number of sulfonamides is 2. The number of halogens is 2. The predicted molar refractivity (Wildman–Crippen MR) is 150 cm³/mol. The Morgan fingerprint density at radius 1 is 0.737 bits per heavy atom. The van der Waals surface area contributed by atoms with E-state index in [1.54, 1.807) is 24.3 Å². The molecule has 4 aromatic rings. The highest BCUT2D eigenvalue weighted by atomic mass is 35.5. The molecule has 0 aliphatic heterocycles. The fraction of sp³-hybridized carbons (Fsp3) is 0.0385. The molecule has 0 atom stereocenters. The maximum absolute atomic E-state index is 12.9. The van der Waals surface area contributed by atoms with Gasteiger partial charge < -0.3 is 5.32 Å². The van der Waals surface area contributed by atoms with Crippen LogP contribution >= 0.6 is 23.2 Å². The van der Waals surface area contributed by atoms with Gasteiger partial charge in [-0.3, -0.25) is 13.8 Å². The highest BCUT2D eigenvalue weighted by Gasteiger charge is 2.21. The molecule has 1 amide bonds. The van der Waals surface area contributed by atoms with Gasteiger partial charge in [-0.2, -0.15) is 0 Å². The van der Waals surface area contributed by atoms with Gasteiger partial charge in [-0.25, -0.2) is 16.8 Å². The van der Waals surface area contributed by atoms with Crippen LogP contribution in [0.25, 0.3) is 0 Å². The maximum atomic E-state index is 12.9. The summed E-state index contributed by atoms with van der Waals surface area (Å²) in [5, 5.41) is 3.37. The Hall–Kier alpha value is -3.57. The van der Waals surface area contributed by atoms with Crippen molar-refractivity contribution in [2.75, 3.05) is 21.4 Å². The van der Waals surface area contributed by atoms with E-state index in [-0.39, 0.29) is 26.1 Å². The number of carbonyl (C=O) groups is 1. The van der Waals surface area contributed by atoms with Gasteiger partial charge in [0.05, 0.1) is 26.2 Å². The van der Waals surface area contributed by atoms with Crippen molar-refractivity contribution in [1.29, 1.82) is 0 Å². The zero-order valence-electron chi connectivity index (χ0n) is 19.8. The second-order valence-electron chi connectivity index (χ2n) is 8.04. The second-order valence-corrected chi connectivity index (χ2v) is 12.5. The number of hydrogen-bond donors (Lipinski definition) is 2. The molecule has 196 valence electrons. The van der Waals surface area contributed by atoms with E-state index in [1.165, 1.54) is 79.8 Å². The number of hydrogen-bond acceptors (Lipinski definition) is 5. The number of nitrogens with one attached hydrogen (secondary N) is 2. The SMILES string of the molecule is CN(c1ccc(C(=O)Nc2ccc(S(=O)(=O)Nc3ccccc3Cl)cc2)cc1)S(=O)(=O)c1ccc(Cl)cc1. The third-order valence-electron chi connectivity index (χ3n) is 5.51. The van der Waals surface area contributed by atoms with Crippen LogP contribution in [0.1, 0.15) is 10.4 Å². The summed E-state index contributed by atoms with van der Waals surface area (Å²) < 4.78 is 54.6. The summed E-state index contributed by atoms with van der Waals surface area (Å²) >= 11 is 11.9. The Bertz CT molecular complexity index is 1680. The van der Waals surface area contributed by atoms with Crippen LogP contribution in [0.15, 0.2) is 107 Å². The van der Waals surface area contributed by atoms with Crippen LogP contribution in [0.3, 0.4) is 0 Å². The highest BCUT2D eigenvalue weighted by Crippen LogP contribution is 2.26. The van der Waals surface area contributed by atoms with Crippen LogP contribution in [0.2, 0.25) is 10.0 Å². The minimum atomic E-state index is -3.89. The molecule has 12 heteroatoms. The fourth-order valence-corrected chi connectivity index (χ4v) is 6.03. The minimum Gasteiger partial charge on any atom is -0.322 e. The van der Waals surface area contributed by atoms with Gasteiger partial charge in [0.25, 0.3) is 26.0 Å². The normalized spacial score (nSPS) is 11.6. The third-order valence-corrected chi connectivity index (χ3v) is 9.27. The van der Waals surface area contributed by atoms with E-state index in [2.05, 4.69) is 10.0 Å². The molecule has 0 bridgehead atoms. The van der Waals surface area contributed by atoms with Crippen molar-refractivity contribution in [3.8, 4) is 0 Å². The average molecular weight is 591 g/mol. The van der Waals surface area contributed by atoms with Crippen LogP contribution in [0.4, 0.5) is 17.1 Å². The molecule has 0 aromatic heterocycles. The smallest absolute Gasteiger partial charge is 0.264 e. The molecule has 8 nitrogen and oxygen atoms in total. The monoisotopic (exact) mass is 589 g/mol. The lowest BCUT2D eigenvalue weighted by atomic mass is 10.2. The van der Waals surface area contributed by atoms with E-state index in [0.717, 1.165) is 4.31 Å². The summed E-state index contributed by atoms with van der Waals surface area (Å²) in [5.41, 5.74) is 1.26. The summed E-state index contributed by atoms with van der Waals surface area (Å²) in [6.45, 7) is 0. The minimum absolute atomic E-state index is 0.00953. The first-order valence-electron chi connectivity index (χ1n) is 11.0. The van der Waals surface area contributed by atoms with E-state index in [4.69, 9.17) is 23.2 Å². The van der Waals surface area contributed by atoms with Crippen LogP contribution in [-0.2, 0) is 20.0 Å². The Morgan fingerprint density at radius 3 is 1.92 bits per heavy atom. The zero-order valence-corrected chi connectivity index (χ0v) is 22.9. The quantitative estimate of drug-likeness (QED) is 0.267. The Kier molecular flexibility index (Phi) is 7.98. The van der Waals surface area contributed by atoms with Crippen LogP contribution in [-0.4, -0.2) is 29.8 Å². The van der Waals surface area contributed by atoms with E-state index in [9.17, 15) is 21.6 Å². The van der Waals surface area contributed by atoms with Crippen molar-refractivity contribution in [2.24, 2.45) is 0 Å². The number of nitrogens with zero attached hydrogens (tertiary/aromatic N) is 1. The fourth-order valence-electron chi connectivity index (χ4n) is 3.39. The summed E-state index contributed by atoms with van der Waals surface area (Å²) in [7, 11) is -6.29. The van der Waals surface area contributed by atoms with Gasteiger partial charge in [0, 0.05) is 23.3 Å². The number of para-hydroxylation sites is 1. The molecule has 0 fully saturated rings. The summed E-state index contributed by atoms with van der Waals surface area (Å²) in [5.74, 6) is -0.454. The third kappa shape index (κ3) is 6.11. The molecule has 0 saturated heterocycles. The molecule has 0 heterocycles. The van der Waals surface area contributed by atoms with Gasteiger partial charge in [0.15, 0.2) is 0 Å². The van der Waals surface area contributed by atoms with Crippen LogP contribution in [0, 0.1) is 0 Å². The topological polar surface area (TPSA) is 113 Å². The van der Waals surface area contributed by atoms with Crippen molar-refractivity contribution in [3.63, 3.8) is 0 Å². The van der Waals surface area contributed by atoms with Gasteiger partial charge in [-0.15, -0.1) is 0 Å². The molecule has 0 spiro atoms. The van der Waals surface area contributed by atoms with Crippen molar-refractivity contribution in [3.05, 3.63) is 113 Å². The van der Waals surface area contributed by atoms with Crippen molar-refractivity contribution in [1.82, 2.24) is 0 Å². The first-order valence-corrected chi connectivity index (χ1v) is 14.7. The Morgan fingerprint density at radius 2 is 1.32 bits per heavy atom. The first kappa shape index (κ1) is 27.5. The largest absolute Gasteiger partial charge is 0.322 e. The number of anilines is 3. The number of amides is 1. The molecule has 38 heavy (non-hydrogen) atoms. The lowest BCUT2D eigenvalue weighted by Gasteiger charge is -2.20. The highest BCUT2D eigenvalue weighted by molar-refractivity contribution is 7.93. The summed E-state index contributed by atoms with van der Waals surface area (Å²) in [6, 6.07) is 23.9.